The molecule has 10 rings (SSSR count). The fraction of sp³-hybridized carbons (Fsp3) is 0.429. The van der Waals surface area contributed by atoms with E-state index in [0.29, 0.717) is 12.6 Å². The average Bonchev–Trinajstić information content (AvgIpc) is 3.94. The zero-order valence-electron chi connectivity index (χ0n) is 27.0. The Hall–Kier alpha value is -3.44. The Kier molecular flexibility index (Phi) is 7.11. The van der Waals surface area contributed by atoms with Crippen LogP contribution < -0.4 is 4.74 Å². The number of ether oxygens (including phenoxy) is 2. The summed E-state index contributed by atoms with van der Waals surface area (Å²) in [6, 6.07) is 40.3. The minimum Gasteiger partial charge on any atom is -0.489 e. The van der Waals surface area contributed by atoms with E-state index in [9.17, 15) is 0 Å². The first-order chi connectivity index (χ1) is 22.6. The Balaban J connectivity index is 1.11. The lowest BCUT2D eigenvalue weighted by Crippen LogP contribution is -2.81. The summed E-state index contributed by atoms with van der Waals surface area (Å²) in [4.78, 5) is 5.66. The van der Waals surface area contributed by atoms with E-state index >= 15 is 0 Å². The van der Waals surface area contributed by atoms with E-state index in [4.69, 9.17) is 9.47 Å². The number of nitrogens with zero attached hydrogens (tertiary/aromatic N) is 2. The van der Waals surface area contributed by atoms with Crippen molar-refractivity contribution in [3.63, 3.8) is 0 Å². The Bertz CT molecular complexity index is 1620. The standard InChI is InChI=1S/C42H46N2O2/c1-4-10-32(11-5-1)27-44(28-33-12-6-2-7-13-33)40-20-21-42(46-31-40)39-24-36-18-19-37(45-29-35-14-8-3-9-15-35)25-38(36)41(42,30-40)22-23-43(39)26-34-16-17-34/h1-15,18-19,25,34,39H,16-17,20-24,26-31H2/t39-,40?,41-,42?/m1/s1. The molecule has 2 unspecified atom stereocenters. The maximum Gasteiger partial charge on any atom is 0.120 e. The summed E-state index contributed by atoms with van der Waals surface area (Å²) in [6.07, 6.45) is 8.54. The summed E-state index contributed by atoms with van der Waals surface area (Å²) in [5.74, 6) is 1.88. The van der Waals surface area contributed by atoms with Crippen LogP contribution in [-0.4, -0.2) is 46.7 Å². The second-order valence-corrected chi connectivity index (χ2v) is 15.0. The topological polar surface area (TPSA) is 24.9 Å². The monoisotopic (exact) mass is 610 g/mol. The summed E-state index contributed by atoms with van der Waals surface area (Å²) in [5.41, 5.74) is 6.84. The molecule has 4 nitrogen and oxygen atoms in total. The second-order valence-electron chi connectivity index (χ2n) is 15.0. The third-order valence-electron chi connectivity index (χ3n) is 12.4. The molecule has 4 heteroatoms. The maximum absolute atomic E-state index is 7.52. The molecular formula is C42H46N2O2. The molecule has 4 bridgehead atoms. The van der Waals surface area contributed by atoms with E-state index < -0.39 is 0 Å². The van der Waals surface area contributed by atoms with Crippen LogP contribution in [0.1, 0.15) is 66.3 Å². The zero-order chi connectivity index (χ0) is 30.6. The lowest BCUT2D eigenvalue weighted by Gasteiger charge is -2.73. The van der Waals surface area contributed by atoms with Gasteiger partial charge in [-0.15, -0.1) is 0 Å². The predicted octanol–water partition coefficient (Wildman–Crippen LogP) is 7.94. The fourth-order valence-electron chi connectivity index (χ4n) is 9.90. The lowest BCUT2D eigenvalue weighted by molar-refractivity contribution is -0.283. The molecule has 0 radical (unpaired) electrons. The van der Waals surface area contributed by atoms with Crippen LogP contribution in [0.3, 0.4) is 0 Å². The smallest absolute Gasteiger partial charge is 0.120 e. The molecule has 3 aliphatic carbocycles. The van der Waals surface area contributed by atoms with Crippen LogP contribution in [0.15, 0.2) is 109 Å². The van der Waals surface area contributed by atoms with E-state index in [1.807, 2.05) is 0 Å². The molecule has 4 aromatic carbocycles. The van der Waals surface area contributed by atoms with Gasteiger partial charge >= 0.3 is 0 Å². The Morgan fingerprint density at radius 1 is 0.761 bits per heavy atom. The first kappa shape index (κ1) is 28.8. The highest BCUT2D eigenvalue weighted by atomic mass is 16.5. The molecule has 6 aliphatic rings. The van der Waals surface area contributed by atoms with Gasteiger partial charge in [0.2, 0.25) is 0 Å². The SMILES string of the molecule is c1ccc(COc2ccc3c(c2)[C@]24CCN(CC5CC5)[C@H](C3)C23CCC(N(Cc2ccccc2)Cc2ccccc2)(CO3)C4)cc1. The van der Waals surface area contributed by atoms with Gasteiger partial charge in [-0.05, 0) is 97.4 Å². The first-order valence-electron chi connectivity index (χ1n) is 17.7. The number of rotatable bonds is 10. The van der Waals surface area contributed by atoms with Gasteiger partial charge in [0, 0.05) is 36.6 Å². The van der Waals surface area contributed by atoms with Crippen molar-refractivity contribution in [2.24, 2.45) is 5.92 Å². The van der Waals surface area contributed by atoms with Gasteiger partial charge in [0.15, 0.2) is 0 Å². The molecule has 3 saturated heterocycles. The van der Waals surface area contributed by atoms with Crippen LogP contribution in [0.2, 0.25) is 0 Å². The number of benzene rings is 4. The van der Waals surface area contributed by atoms with Gasteiger partial charge in [-0.25, -0.2) is 0 Å². The van der Waals surface area contributed by atoms with Crippen LogP contribution in [0, 0.1) is 5.92 Å². The normalized spacial score (nSPS) is 29.7. The molecule has 4 atom stereocenters. The van der Waals surface area contributed by atoms with E-state index in [0.717, 1.165) is 57.0 Å². The predicted molar refractivity (Wildman–Crippen MR) is 183 cm³/mol. The van der Waals surface area contributed by atoms with Crippen LogP contribution >= 0.6 is 0 Å². The van der Waals surface area contributed by atoms with Crippen molar-refractivity contribution < 1.29 is 9.47 Å². The fourth-order valence-corrected chi connectivity index (χ4v) is 9.90. The summed E-state index contributed by atoms with van der Waals surface area (Å²) < 4.78 is 14.0. The minimum atomic E-state index is -0.127. The molecule has 0 N–H and O–H groups in total. The summed E-state index contributed by atoms with van der Waals surface area (Å²) in [5, 5.41) is 0. The quantitative estimate of drug-likeness (QED) is 0.182. The zero-order valence-corrected chi connectivity index (χ0v) is 27.0. The number of piperidine rings is 1. The van der Waals surface area contributed by atoms with Crippen molar-refractivity contribution in [2.75, 3.05) is 19.7 Å². The highest BCUT2D eigenvalue weighted by Gasteiger charge is 2.72. The Labute approximate surface area is 274 Å². The van der Waals surface area contributed by atoms with Gasteiger partial charge in [-0.1, -0.05) is 97.1 Å². The van der Waals surface area contributed by atoms with Crippen molar-refractivity contribution in [2.45, 2.75) is 87.2 Å². The van der Waals surface area contributed by atoms with E-state index in [1.165, 1.54) is 60.2 Å². The number of fused-ring (bicyclic) bond motifs is 3. The van der Waals surface area contributed by atoms with E-state index in [-0.39, 0.29) is 16.6 Å². The van der Waals surface area contributed by atoms with Gasteiger partial charge in [0.25, 0.3) is 0 Å². The van der Waals surface area contributed by atoms with Crippen molar-refractivity contribution in [1.82, 2.24) is 9.80 Å². The van der Waals surface area contributed by atoms with Gasteiger partial charge < -0.3 is 9.47 Å². The number of likely N-dealkylation sites (tertiary alicyclic amines) is 1. The largest absolute Gasteiger partial charge is 0.489 e. The van der Waals surface area contributed by atoms with Crippen LogP contribution in [-0.2, 0) is 36.3 Å². The molecule has 3 aliphatic heterocycles. The maximum atomic E-state index is 7.52. The molecule has 2 saturated carbocycles. The molecule has 4 aromatic rings. The van der Waals surface area contributed by atoms with Gasteiger partial charge in [-0.3, -0.25) is 9.80 Å². The van der Waals surface area contributed by atoms with Crippen LogP contribution in [0.5, 0.6) is 5.75 Å². The minimum absolute atomic E-state index is 0.0143. The molecule has 3 heterocycles. The number of hydrogen-bond acceptors (Lipinski definition) is 4. The van der Waals surface area contributed by atoms with Crippen molar-refractivity contribution in [3.05, 3.63) is 137 Å². The Morgan fingerprint density at radius 3 is 2.07 bits per heavy atom. The molecular weight excluding hydrogens is 564 g/mol. The molecule has 5 fully saturated rings. The molecule has 236 valence electrons. The average molecular weight is 611 g/mol. The Morgan fingerprint density at radius 2 is 1.43 bits per heavy atom. The third-order valence-corrected chi connectivity index (χ3v) is 12.4. The van der Waals surface area contributed by atoms with Gasteiger partial charge in [0.05, 0.1) is 12.2 Å². The van der Waals surface area contributed by atoms with Crippen LogP contribution in [0.4, 0.5) is 0 Å². The van der Waals surface area contributed by atoms with Crippen molar-refractivity contribution in [1.29, 1.82) is 0 Å². The third kappa shape index (κ3) is 4.84. The highest BCUT2D eigenvalue weighted by molar-refractivity contribution is 5.50. The molecule has 46 heavy (non-hydrogen) atoms. The lowest BCUT2D eigenvalue weighted by atomic mass is 9.45. The summed E-state index contributed by atoms with van der Waals surface area (Å²) in [6.45, 7) is 5.71. The van der Waals surface area contributed by atoms with Crippen LogP contribution in [0.25, 0.3) is 0 Å². The number of hydrogen-bond donors (Lipinski definition) is 0. The van der Waals surface area contributed by atoms with E-state index in [1.54, 1.807) is 0 Å². The second kappa shape index (κ2) is 11.4. The van der Waals surface area contributed by atoms with Crippen molar-refractivity contribution in [3.8, 4) is 5.75 Å². The molecule has 0 amide bonds. The summed E-state index contributed by atoms with van der Waals surface area (Å²) >= 11 is 0. The van der Waals surface area contributed by atoms with Gasteiger partial charge in [-0.2, -0.15) is 0 Å². The first-order valence-corrected chi connectivity index (χ1v) is 17.7. The molecule has 0 aromatic heterocycles. The van der Waals surface area contributed by atoms with Gasteiger partial charge in [0.1, 0.15) is 12.4 Å². The van der Waals surface area contributed by atoms with E-state index in [2.05, 4.69) is 119 Å². The highest BCUT2D eigenvalue weighted by Crippen LogP contribution is 2.66. The summed E-state index contributed by atoms with van der Waals surface area (Å²) in [7, 11) is 0. The van der Waals surface area contributed by atoms with Crippen molar-refractivity contribution >= 4 is 0 Å². The molecule has 1 spiro atoms.